The van der Waals surface area contributed by atoms with Crippen molar-refractivity contribution >= 4 is 187 Å². The van der Waals surface area contributed by atoms with Crippen LogP contribution in [-0.2, 0) is 0 Å². The fourth-order valence-electron chi connectivity index (χ4n) is 12.6. The Labute approximate surface area is 510 Å². The van der Waals surface area contributed by atoms with Crippen LogP contribution in [0.1, 0.15) is 0 Å². The fourth-order valence-corrected chi connectivity index (χ4v) is 16.6. The Hall–Kier alpha value is -8.76. The Morgan fingerprint density at radius 2 is 0.565 bits per heavy atom. The molecule has 14 rings (SSSR count). The van der Waals surface area contributed by atoms with Gasteiger partial charge < -0.3 is 9.13 Å². The van der Waals surface area contributed by atoms with Crippen molar-refractivity contribution in [3.63, 3.8) is 0 Å². The highest BCUT2D eigenvalue weighted by atomic mass is 32.3. The molecule has 13 heteroatoms. The summed E-state index contributed by atoms with van der Waals surface area (Å²) in [6.07, 6.45) is 0. The summed E-state index contributed by atoms with van der Waals surface area (Å²) < 4.78 is 4.56. The van der Waals surface area contributed by atoms with Crippen molar-refractivity contribution in [3.05, 3.63) is 243 Å². The summed E-state index contributed by atoms with van der Waals surface area (Å²) in [7, 11) is 67.9. The van der Waals surface area contributed by atoms with Crippen LogP contribution in [0.15, 0.2) is 262 Å². The minimum atomic E-state index is -2.50. The van der Waals surface area contributed by atoms with Crippen LogP contribution < -0.4 is 54.6 Å². The van der Waals surface area contributed by atoms with Crippen LogP contribution in [0.5, 0.6) is 0 Å². The van der Waals surface area contributed by atoms with E-state index in [4.69, 9.17) is 78.5 Å². The van der Waals surface area contributed by atoms with Crippen LogP contribution in [0.25, 0.3) is 99.5 Å². The lowest BCUT2D eigenvalue weighted by atomic mass is 9.58. The van der Waals surface area contributed by atoms with E-state index in [-0.39, 0.29) is 54.6 Å². The van der Waals surface area contributed by atoms with Crippen molar-refractivity contribution in [2.75, 3.05) is 0 Å². The minimum Gasteiger partial charge on any atom is -0.309 e. The van der Waals surface area contributed by atoms with Gasteiger partial charge in [-0.25, -0.2) is 0 Å². The third-order valence-corrected chi connectivity index (χ3v) is 20.7. The number of fused-ring (bicyclic) bond motifs is 6. The molecule has 0 saturated carbocycles. The molecule has 2 aromatic heterocycles. The van der Waals surface area contributed by atoms with E-state index in [2.05, 4.69) is 209 Å². The number of aromatic nitrogens is 2. The number of benzene rings is 12. The lowest BCUT2D eigenvalue weighted by molar-refractivity contribution is 1.16. The molecule has 0 saturated heterocycles. The predicted molar refractivity (Wildman–Crippen MR) is 371 cm³/mol. The number of hydrogen-bond acceptors (Lipinski definition) is 0. The molecule has 85 heavy (non-hydrogen) atoms. The average molecular weight is 1070 g/mol. The van der Waals surface area contributed by atoms with Crippen molar-refractivity contribution < 1.29 is 0 Å². The van der Waals surface area contributed by atoms with Gasteiger partial charge >= 0.3 is 0 Å². The summed E-state index contributed by atoms with van der Waals surface area (Å²) in [5.41, 5.74) is 12.6. The SMILES string of the molecule is [B]c1c([B])c([B])c(-c2cc(S(c3ccccc3)(c3ccccc3)c3ccccc3)cc(-c3c([B])c([B])c([B])c([B])c3[B])c2-n2c3ccccc3c3cc(-n4c5ccc(-c6ccccc6)cc5c5cc(-c6ccccc6)ccc54)ccc32)c([B])c1[B]. The molecule has 374 valence electrons. The van der Waals surface area contributed by atoms with E-state index < -0.39 is 10.0 Å². The van der Waals surface area contributed by atoms with Crippen LogP contribution >= 0.6 is 10.0 Å². The van der Waals surface area contributed by atoms with E-state index in [1.54, 1.807) is 0 Å². The molecular formula is C72H40B10N2S. The molecule has 14 aromatic rings. The molecule has 0 aliphatic heterocycles. The molecule has 2 heterocycles. The van der Waals surface area contributed by atoms with Crippen LogP contribution in [0, 0.1) is 0 Å². The largest absolute Gasteiger partial charge is 0.309 e. The van der Waals surface area contributed by atoms with Gasteiger partial charge in [-0.1, -0.05) is 167 Å². The highest BCUT2D eigenvalue weighted by molar-refractivity contribution is 8.34. The van der Waals surface area contributed by atoms with Gasteiger partial charge in [-0.2, -0.15) is 0 Å². The van der Waals surface area contributed by atoms with Gasteiger partial charge in [0, 0.05) is 57.9 Å². The highest BCUT2D eigenvalue weighted by Crippen LogP contribution is 2.74. The minimum absolute atomic E-state index is 0.0732. The second kappa shape index (κ2) is 21.4. The maximum absolute atomic E-state index is 7.34. The number of rotatable bonds is 10. The standard InChI is InChI=1S/C72H40B10N2S/c73-62-60(63(74)67(78)70(81)66(62)77)54-39-49(85(46-22-10-3-11-23-46,47-24-12-4-13-25-47)48-26-14-5-15-27-48)40-55(61-64(75)68(79)71(82)69(80)65(61)76)72(54)84-56-29-17-16-28-50(56)53-38-45(32-35-59(53)84)83-57-33-30-43(41-18-6-1-7-19-41)36-51(57)52-37-44(31-34-58(52)83)42-20-8-2-9-21-42/h1-40H. The first-order valence-electron chi connectivity index (χ1n) is 27.8. The topological polar surface area (TPSA) is 9.86 Å². The van der Waals surface area contributed by atoms with Gasteiger partial charge in [-0.15, -0.1) is 42.8 Å². The second-order valence-electron chi connectivity index (χ2n) is 21.4. The fraction of sp³-hybridized carbons (Fsp3) is 0. The van der Waals surface area contributed by atoms with Crippen molar-refractivity contribution in [2.24, 2.45) is 0 Å². The number of nitrogens with zero attached hydrogens (tertiary/aromatic N) is 2. The highest BCUT2D eigenvalue weighted by Gasteiger charge is 2.36. The van der Waals surface area contributed by atoms with Crippen LogP contribution in [0.2, 0.25) is 0 Å². The molecule has 0 atom stereocenters. The smallest absolute Gasteiger partial charge is 0.113 e. The van der Waals surface area contributed by atoms with Crippen molar-refractivity contribution in [1.82, 2.24) is 9.13 Å². The quantitative estimate of drug-likeness (QED) is 0.124. The Morgan fingerprint density at radius 1 is 0.235 bits per heavy atom. The van der Waals surface area contributed by atoms with Crippen LogP contribution in [0.4, 0.5) is 0 Å². The maximum atomic E-state index is 7.34. The second-order valence-corrected chi connectivity index (χ2v) is 24.5. The molecule has 0 amide bonds. The monoisotopic (exact) mass is 1070 g/mol. The zero-order valence-electron chi connectivity index (χ0n) is 46.2. The Bertz CT molecular complexity index is 4650. The Morgan fingerprint density at radius 3 is 0.988 bits per heavy atom. The molecule has 0 aliphatic rings. The number of para-hydroxylation sites is 1. The van der Waals surface area contributed by atoms with Crippen molar-refractivity contribution in [2.45, 2.75) is 19.6 Å². The van der Waals surface area contributed by atoms with E-state index in [0.29, 0.717) is 27.9 Å². The van der Waals surface area contributed by atoms with Gasteiger partial charge in [0.1, 0.15) is 78.5 Å². The van der Waals surface area contributed by atoms with Gasteiger partial charge in [0.15, 0.2) is 0 Å². The average Bonchev–Trinajstić information content (AvgIpc) is 1.86. The maximum Gasteiger partial charge on any atom is 0.113 e. The lowest BCUT2D eigenvalue weighted by Crippen LogP contribution is -2.55. The molecule has 20 radical (unpaired) electrons. The van der Waals surface area contributed by atoms with Gasteiger partial charge in [0.2, 0.25) is 0 Å². The third kappa shape index (κ3) is 8.55. The predicted octanol–water partition coefficient (Wildman–Crippen LogP) is 7.83. The third-order valence-electron chi connectivity index (χ3n) is 16.8. The molecule has 0 fully saturated rings. The molecule has 0 bridgehead atoms. The molecular weight excluding hydrogens is 1030 g/mol. The summed E-state index contributed by atoms with van der Waals surface area (Å²) in [5, 5.41) is 4.14. The number of hydrogen-bond donors (Lipinski definition) is 0. The van der Waals surface area contributed by atoms with E-state index in [1.807, 2.05) is 42.5 Å². The summed E-state index contributed by atoms with van der Waals surface area (Å²) in [6.45, 7) is 0. The van der Waals surface area contributed by atoms with Gasteiger partial charge in [0.25, 0.3) is 0 Å². The summed E-state index contributed by atoms with van der Waals surface area (Å²) >= 11 is 0. The first-order chi connectivity index (χ1) is 41.4. The summed E-state index contributed by atoms with van der Waals surface area (Å²) in [4.78, 5) is 3.96. The van der Waals surface area contributed by atoms with E-state index in [1.165, 1.54) is 0 Å². The van der Waals surface area contributed by atoms with E-state index in [9.17, 15) is 0 Å². The van der Waals surface area contributed by atoms with Crippen molar-refractivity contribution in [1.29, 1.82) is 0 Å². The Balaban J connectivity index is 1.14. The van der Waals surface area contributed by atoms with Crippen LogP contribution in [0.3, 0.4) is 0 Å². The summed E-state index contributed by atoms with van der Waals surface area (Å²) in [5.74, 6) is 0. The van der Waals surface area contributed by atoms with E-state index >= 15 is 0 Å². The normalized spacial score (nSPS) is 12.0. The van der Waals surface area contributed by atoms with Gasteiger partial charge in [-0.3, -0.25) is 0 Å². The summed E-state index contributed by atoms with van der Waals surface area (Å²) in [6, 6.07) is 85.1. The van der Waals surface area contributed by atoms with Gasteiger partial charge in [0.05, 0.1) is 27.8 Å². The molecule has 12 aromatic carbocycles. The van der Waals surface area contributed by atoms with E-state index in [0.717, 1.165) is 91.1 Å². The van der Waals surface area contributed by atoms with Crippen LogP contribution in [-0.4, -0.2) is 87.6 Å². The first-order valence-corrected chi connectivity index (χ1v) is 29.4. The lowest BCUT2D eigenvalue weighted by Gasteiger charge is -2.43. The molecule has 0 unspecified atom stereocenters. The Kier molecular flexibility index (Phi) is 13.6. The molecule has 0 spiro atoms. The molecule has 2 nitrogen and oxygen atoms in total. The first kappa shape index (κ1) is 54.2. The molecule has 0 aliphatic carbocycles. The zero-order chi connectivity index (χ0) is 58.4. The van der Waals surface area contributed by atoms with Gasteiger partial charge in [-0.05, 0) is 130 Å². The molecule has 0 N–H and O–H groups in total. The zero-order valence-corrected chi connectivity index (χ0v) is 47.0. The van der Waals surface area contributed by atoms with Crippen molar-refractivity contribution in [3.8, 4) is 55.9 Å².